The lowest BCUT2D eigenvalue weighted by Gasteiger charge is -2.23. The molecule has 0 unspecified atom stereocenters. The molecule has 2 aromatic rings. The van der Waals surface area contributed by atoms with Crippen LogP contribution in [0.3, 0.4) is 0 Å². The number of ether oxygens (including phenoxy) is 1. The van der Waals surface area contributed by atoms with Crippen molar-refractivity contribution >= 4 is 23.3 Å². The van der Waals surface area contributed by atoms with Crippen molar-refractivity contribution in [3.8, 4) is 0 Å². The number of anilines is 2. The molecule has 4 heterocycles. The van der Waals surface area contributed by atoms with E-state index in [1.807, 2.05) is 0 Å². The topological polar surface area (TPSA) is 84.7 Å². The summed E-state index contributed by atoms with van der Waals surface area (Å²) in [5.41, 5.74) is -1.53. The number of aromatic nitrogens is 1. The summed E-state index contributed by atoms with van der Waals surface area (Å²) in [7, 11) is 0. The quantitative estimate of drug-likeness (QED) is 0.774. The number of carbonyl (C=O) groups is 2. The summed E-state index contributed by atoms with van der Waals surface area (Å²) in [6.45, 7) is 1.91. The number of carbonyl (C=O) groups excluding carboxylic acids is 2. The Morgan fingerprint density at radius 1 is 1.30 bits per heavy atom. The lowest BCUT2D eigenvalue weighted by Crippen LogP contribution is -2.41. The first-order valence-corrected chi connectivity index (χ1v) is 9.28. The molecule has 2 saturated heterocycles. The van der Waals surface area contributed by atoms with Gasteiger partial charge in [0.1, 0.15) is 11.4 Å². The number of benzene rings is 1. The first-order valence-electron chi connectivity index (χ1n) is 9.28. The maximum absolute atomic E-state index is 13.1. The molecule has 3 aliphatic heterocycles. The van der Waals surface area contributed by atoms with Gasteiger partial charge in [0.15, 0.2) is 5.82 Å². The van der Waals surface area contributed by atoms with Crippen molar-refractivity contribution in [3.63, 3.8) is 0 Å². The van der Waals surface area contributed by atoms with E-state index in [1.54, 1.807) is 25.1 Å². The first-order chi connectivity index (χ1) is 14.2. The lowest BCUT2D eigenvalue weighted by molar-refractivity contribution is -0.137. The van der Waals surface area contributed by atoms with Crippen LogP contribution in [-0.2, 0) is 20.5 Å². The zero-order chi connectivity index (χ0) is 21.3. The van der Waals surface area contributed by atoms with Gasteiger partial charge >= 0.3 is 6.18 Å². The molecule has 2 amide bonds. The molecule has 0 aliphatic carbocycles. The molecule has 7 nitrogen and oxygen atoms in total. The number of hydrogen-bond acceptors (Lipinski definition) is 5. The molecule has 1 aromatic carbocycles. The van der Waals surface area contributed by atoms with E-state index in [-0.39, 0.29) is 18.1 Å². The SMILES string of the molecule is Cc1cc(N2C[C@@]34C=C[C@@H](O3)[C@H](C(=O)Nc3ccc(C(F)(F)F)cc3)[C@@H]4C2=O)no1. The van der Waals surface area contributed by atoms with Crippen LogP contribution in [-0.4, -0.2) is 35.2 Å². The first kappa shape index (κ1) is 18.9. The molecule has 4 atom stereocenters. The van der Waals surface area contributed by atoms with Gasteiger partial charge in [-0.3, -0.25) is 14.5 Å². The Kier molecular flexibility index (Phi) is 3.88. The predicted octanol–water partition coefficient (Wildman–Crippen LogP) is 2.93. The number of nitrogens with one attached hydrogen (secondary N) is 1. The fourth-order valence-corrected chi connectivity index (χ4v) is 4.44. The van der Waals surface area contributed by atoms with Gasteiger partial charge in [-0.15, -0.1) is 0 Å². The summed E-state index contributed by atoms with van der Waals surface area (Å²) >= 11 is 0. The molecule has 3 aliphatic rings. The molecule has 156 valence electrons. The Hall–Kier alpha value is -3.14. The molecule has 1 aromatic heterocycles. The Morgan fingerprint density at radius 3 is 2.67 bits per heavy atom. The van der Waals surface area contributed by atoms with Crippen molar-refractivity contribution in [1.82, 2.24) is 5.16 Å². The Labute approximate surface area is 168 Å². The van der Waals surface area contributed by atoms with Crippen LogP contribution in [0.1, 0.15) is 11.3 Å². The van der Waals surface area contributed by atoms with Crippen molar-refractivity contribution in [2.24, 2.45) is 11.8 Å². The van der Waals surface area contributed by atoms with Crippen LogP contribution in [0.25, 0.3) is 0 Å². The zero-order valence-corrected chi connectivity index (χ0v) is 15.6. The fourth-order valence-electron chi connectivity index (χ4n) is 4.44. The van der Waals surface area contributed by atoms with E-state index in [4.69, 9.17) is 9.26 Å². The van der Waals surface area contributed by atoms with Gasteiger partial charge in [-0.1, -0.05) is 17.3 Å². The second-order valence-electron chi connectivity index (χ2n) is 7.68. The van der Waals surface area contributed by atoms with Crippen molar-refractivity contribution in [1.29, 1.82) is 0 Å². The Bertz CT molecular complexity index is 1060. The van der Waals surface area contributed by atoms with Gasteiger partial charge in [0.25, 0.3) is 0 Å². The van der Waals surface area contributed by atoms with Crippen LogP contribution in [0.15, 0.2) is 47.0 Å². The predicted molar refractivity (Wildman–Crippen MR) is 97.4 cm³/mol. The Morgan fingerprint density at radius 2 is 2.03 bits per heavy atom. The average molecular weight is 419 g/mol. The number of amides is 2. The molecule has 0 saturated carbocycles. The van der Waals surface area contributed by atoms with Crippen LogP contribution in [0.2, 0.25) is 0 Å². The number of halogens is 3. The molecule has 5 rings (SSSR count). The van der Waals surface area contributed by atoms with E-state index in [2.05, 4.69) is 10.5 Å². The second-order valence-corrected chi connectivity index (χ2v) is 7.68. The molecule has 10 heteroatoms. The zero-order valence-electron chi connectivity index (χ0n) is 15.6. The fraction of sp³-hybridized carbons (Fsp3) is 0.350. The van der Waals surface area contributed by atoms with E-state index in [9.17, 15) is 22.8 Å². The largest absolute Gasteiger partial charge is 0.416 e. The van der Waals surface area contributed by atoms with Gasteiger partial charge in [0.2, 0.25) is 11.8 Å². The van der Waals surface area contributed by atoms with Crippen LogP contribution >= 0.6 is 0 Å². The third-order valence-corrected chi connectivity index (χ3v) is 5.77. The van der Waals surface area contributed by atoms with Crippen molar-refractivity contribution in [3.05, 3.63) is 53.8 Å². The van der Waals surface area contributed by atoms with Gasteiger partial charge in [-0.05, 0) is 31.2 Å². The molecular weight excluding hydrogens is 403 g/mol. The summed E-state index contributed by atoms with van der Waals surface area (Å²) in [6.07, 6.45) is -1.49. The maximum Gasteiger partial charge on any atom is 0.416 e. The number of alkyl halides is 3. The van der Waals surface area contributed by atoms with Crippen molar-refractivity contribution < 1.29 is 32.0 Å². The summed E-state index contributed by atoms with van der Waals surface area (Å²) in [5.74, 6) is -1.44. The molecule has 30 heavy (non-hydrogen) atoms. The van der Waals surface area contributed by atoms with Gasteiger partial charge in [-0.2, -0.15) is 13.2 Å². The minimum absolute atomic E-state index is 0.208. The van der Waals surface area contributed by atoms with Crippen molar-refractivity contribution in [2.45, 2.75) is 24.8 Å². The normalized spacial score (nSPS) is 29.5. The van der Waals surface area contributed by atoms with Crippen LogP contribution in [0, 0.1) is 18.8 Å². The van der Waals surface area contributed by atoms with E-state index in [1.165, 1.54) is 17.0 Å². The van der Waals surface area contributed by atoms with Crippen LogP contribution < -0.4 is 10.2 Å². The monoisotopic (exact) mass is 419 g/mol. The summed E-state index contributed by atoms with van der Waals surface area (Å²) in [4.78, 5) is 27.5. The van der Waals surface area contributed by atoms with Crippen molar-refractivity contribution in [2.75, 3.05) is 16.8 Å². The number of fused-ring (bicyclic) bond motifs is 1. The Balaban J connectivity index is 1.38. The highest BCUT2D eigenvalue weighted by Gasteiger charge is 2.67. The molecular formula is C20H16F3N3O4. The smallest absolute Gasteiger partial charge is 0.360 e. The molecule has 0 radical (unpaired) electrons. The van der Waals surface area contributed by atoms with Crippen LogP contribution in [0.5, 0.6) is 0 Å². The molecule has 1 N–H and O–H groups in total. The number of nitrogens with zero attached hydrogens (tertiary/aromatic N) is 2. The van der Waals surface area contributed by atoms with E-state index in [0.29, 0.717) is 11.6 Å². The standard InChI is InChI=1S/C20H16F3N3O4/c1-10-8-14(25-30-10)26-9-19-7-6-13(29-19)15(16(19)18(26)28)17(27)24-12-4-2-11(3-5-12)20(21,22)23/h2-8,13,15-16H,9H2,1H3,(H,24,27)/t13-,15+,16-,19-/m1/s1. The maximum atomic E-state index is 13.1. The minimum atomic E-state index is -4.46. The van der Waals surface area contributed by atoms with Crippen LogP contribution in [0.4, 0.5) is 24.7 Å². The minimum Gasteiger partial charge on any atom is -0.360 e. The van der Waals surface area contributed by atoms with Gasteiger partial charge in [-0.25, -0.2) is 0 Å². The highest BCUT2D eigenvalue weighted by atomic mass is 19.4. The van der Waals surface area contributed by atoms with E-state index < -0.39 is 41.2 Å². The highest BCUT2D eigenvalue weighted by molar-refractivity contribution is 6.05. The van der Waals surface area contributed by atoms with Gasteiger partial charge in [0.05, 0.1) is 30.0 Å². The molecule has 2 bridgehead atoms. The highest BCUT2D eigenvalue weighted by Crippen LogP contribution is 2.52. The third-order valence-electron chi connectivity index (χ3n) is 5.77. The average Bonchev–Trinajstić information content (AvgIpc) is 3.42. The number of aryl methyl sites for hydroxylation is 1. The third kappa shape index (κ3) is 2.74. The lowest BCUT2D eigenvalue weighted by atomic mass is 9.77. The van der Waals surface area contributed by atoms with Gasteiger partial charge in [0, 0.05) is 11.8 Å². The summed E-state index contributed by atoms with van der Waals surface area (Å²) < 4.78 is 49.3. The molecule has 2 fully saturated rings. The summed E-state index contributed by atoms with van der Waals surface area (Å²) in [6, 6.07) is 5.78. The number of hydrogen-bond donors (Lipinski definition) is 1. The van der Waals surface area contributed by atoms with Gasteiger partial charge < -0.3 is 14.6 Å². The van der Waals surface area contributed by atoms with E-state index in [0.717, 1.165) is 12.1 Å². The molecule has 1 spiro atoms. The second kappa shape index (κ2) is 6.18. The summed E-state index contributed by atoms with van der Waals surface area (Å²) in [5, 5.41) is 6.49. The number of rotatable bonds is 3. The van der Waals surface area contributed by atoms with E-state index >= 15 is 0 Å².